The number of hydrogen-bond acceptors (Lipinski definition) is 10. The number of allylic oxidation sites excluding steroid dienone is 4. The zero-order chi connectivity index (χ0) is 29.2. The largest absolute Gasteiger partial charge is 0.507 e. The van der Waals surface area contributed by atoms with Crippen molar-refractivity contribution in [2.75, 3.05) is 0 Å². The van der Waals surface area contributed by atoms with E-state index in [-0.39, 0.29) is 39.5 Å². The zero-order valence-electron chi connectivity index (χ0n) is 22.7. The number of carbonyl (C=O) groups excluding carboxylic acids is 3. The fourth-order valence-electron chi connectivity index (χ4n) is 5.34. The van der Waals surface area contributed by atoms with Gasteiger partial charge in [0.2, 0.25) is 5.89 Å². The number of aromatic hydroxyl groups is 2. The highest BCUT2D eigenvalue weighted by molar-refractivity contribution is 6.31. The Balaban J connectivity index is 1.29. The Kier molecular flexibility index (Phi) is 5.81. The van der Waals surface area contributed by atoms with Crippen LogP contribution in [0, 0.1) is 6.92 Å². The molecule has 0 bridgehead atoms. The van der Waals surface area contributed by atoms with Crippen LogP contribution < -0.4 is 10.1 Å². The molecule has 0 unspecified atom stereocenters. The van der Waals surface area contributed by atoms with E-state index in [1.807, 2.05) is 24.3 Å². The summed E-state index contributed by atoms with van der Waals surface area (Å²) in [4.78, 5) is 48.0. The average Bonchev–Trinajstić information content (AvgIpc) is 3.50. The Morgan fingerprint density at radius 1 is 1.07 bits per heavy atom. The van der Waals surface area contributed by atoms with Gasteiger partial charge >= 0.3 is 0 Å². The van der Waals surface area contributed by atoms with E-state index in [1.165, 1.54) is 26.8 Å². The number of ether oxygens (including phenoxy) is 1. The van der Waals surface area contributed by atoms with Gasteiger partial charge in [0.05, 0.1) is 11.1 Å². The van der Waals surface area contributed by atoms with E-state index >= 15 is 0 Å². The van der Waals surface area contributed by atoms with Crippen LogP contribution in [0.15, 0.2) is 70.1 Å². The summed E-state index contributed by atoms with van der Waals surface area (Å²) >= 11 is 0. The van der Waals surface area contributed by atoms with Gasteiger partial charge in [0.15, 0.2) is 28.6 Å². The van der Waals surface area contributed by atoms with Crippen LogP contribution in [0.5, 0.6) is 17.2 Å². The second kappa shape index (κ2) is 9.16. The summed E-state index contributed by atoms with van der Waals surface area (Å²) in [5.74, 6) is -2.12. The fraction of sp³-hybridized carbons (Fsp3) is 0.194. The monoisotopic (exact) mass is 551 g/mol. The molecular weight excluding hydrogens is 526 g/mol. The maximum atomic E-state index is 13.9. The number of phenols is 2. The molecule has 3 heterocycles. The summed E-state index contributed by atoms with van der Waals surface area (Å²) in [6.07, 6.45) is 2.84. The topological polar surface area (TPSA) is 152 Å². The Bertz CT molecular complexity index is 1850. The summed E-state index contributed by atoms with van der Waals surface area (Å²) in [5.41, 5.74) is 1.42. The van der Waals surface area contributed by atoms with Crippen molar-refractivity contribution in [3.8, 4) is 28.7 Å². The number of rotatable bonds is 5. The molecule has 10 nitrogen and oxygen atoms in total. The van der Waals surface area contributed by atoms with Crippen LogP contribution in [-0.4, -0.2) is 37.5 Å². The first-order valence-corrected chi connectivity index (χ1v) is 12.9. The number of hydrogen-bond donors (Lipinski definition) is 3. The molecule has 10 heteroatoms. The second-order valence-corrected chi connectivity index (χ2v) is 10.3. The molecule has 1 aliphatic heterocycles. The predicted molar refractivity (Wildman–Crippen MR) is 147 cm³/mol. The first kappa shape index (κ1) is 26.0. The van der Waals surface area contributed by atoms with E-state index < -0.39 is 28.5 Å². The highest BCUT2D eigenvalue weighted by Crippen LogP contribution is 2.57. The van der Waals surface area contributed by atoms with Crippen molar-refractivity contribution in [1.82, 2.24) is 15.3 Å². The minimum absolute atomic E-state index is 0.00756. The van der Waals surface area contributed by atoms with E-state index in [9.17, 15) is 24.6 Å². The van der Waals surface area contributed by atoms with Crippen molar-refractivity contribution < 1.29 is 33.8 Å². The van der Waals surface area contributed by atoms with E-state index in [0.717, 1.165) is 11.1 Å². The van der Waals surface area contributed by atoms with Gasteiger partial charge in [0.25, 0.3) is 0 Å². The summed E-state index contributed by atoms with van der Waals surface area (Å²) in [7, 11) is 0. The third-order valence-electron chi connectivity index (χ3n) is 7.68. The van der Waals surface area contributed by atoms with Crippen LogP contribution in [0.3, 0.4) is 0 Å². The molecule has 1 aliphatic carbocycles. The number of phenolic OH excluding ortho intramolecular Hbond substituents is 2. The van der Waals surface area contributed by atoms with E-state index in [0.29, 0.717) is 29.4 Å². The van der Waals surface area contributed by atoms with Gasteiger partial charge in [-0.1, -0.05) is 12.1 Å². The molecule has 0 spiro atoms. The van der Waals surface area contributed by atoms with Crippen LogP contribution in [0.2, 0.25) is 0 Å². The number of nitrogens with zero attached hydrogens (tertiary/aromatic N) is 2. The molecule has 0 radical (unpaired) electrons. The zero-order valence-corrected chi connectivity index (χ0v) is 22.7. The lowest BCUT2D eigenvalue weighted by molar-refractivity contribution is -0.123. The van der Waals surface area contributed by atoms with E-state index in [4.69, 9.17) is 9.15 Å². The number of oxazole rings is 1. The fourth-order valence-corrected chi connectivity index (χ4v) is 5.34. The lowest BCUT2D eigenvalue weighted by Crippen LogP contribution is -2.41. The summed E-state index contributed by atoms with van der Waals surface area (Å²) < 4.78 is 11.6. The van der Waals surface area contributed by atoms with E-state index in [2.05, 4.69) is 15.3 Å². The normalized spacial score (nSPS) is 19.0. The van der Waals surface area contributed by atoms with Gasteiger partial charge in [0.1, 0.15) is 34.0 Å². The molecule has 4 aromatic rings. The molecular formula is C31H25N3O7. The van der Waals surface area contributed by atoms with Crippen molar-refractivity contribution >= 4 is 28.6 Å². The smallest absolute Gasteiger partial charge is 0.228 e. The maximum absolute atomic E-state index is 13.9. The van der Waals surface area contributed by atoms with Gasteiger partial charge in [-0.25, -0.2) is 4.98 Å². The Labute approximate surface area is 234 Å². The molecule has 6 rings (SSSR count). The van der Waals surface area contributed by atoms with Gasteiger partial charge in [-0.2, -0.15) is 4.98 Å². The first-order valence-electron chi connectivity index (χ1n) is 12.9. The number of ketones is 3. The standard InChI is InChI=1S/C31H25N3O7/c1-14-25(37)23(16(3)35)27-24(26(14)38)31(4)21(41-27)12-19(36)22(28(31)39)15(2)33-13-17-7-9-18(10-8-17)30-34-29-20(40-30)6-5-11-32-29/h5-12,33,37-38H,13H2,1-4H3/t31-/m0/s1. The Hall–Kier alpha value is -5.25. The molecule has 0 fully saturated rings. The lowest BCUT2D eigenvalue weighted by Gasteiger charge is -2.29. The van der Waals surface area contributed by atoms with Gasteiger partial charge < -0.3 is 24.7 Å². The van der Waals surface area contributed by atoms with Crippen LogP contribution in [0.25, 0.3) is 22.7 Å². The molecule has 2 aromatic carbocycles. The molecule has 1 atom stereocenters. The van der Waals surface area contributed by atoms with Crippen molar-refractivity contribution in [2.45, 2.75) is 39.7 Å². The van der Waals surface area contributed by atoms with Crippen LogP contribution in [-0.2, 0) is 21.5 Å². The number of fused-ring (bicyclic) bond motifs is 4. The summed E-state index contributed by atoms with van der Waals surface area (Å²) in [5, 5.41) is 24.6. The summed E-state index contributed by atoms with van der Waals surface area (Å²) in [6.45, 7) is 6.17. The number of nitrogens with one attached hydrogen (secondary N) is 1. The van der Waals surface area contributed by atoms with Gasteiger partial charge in [-0.3, -0.25) is 14.4 Å². The van der Waals surface area contributed by atoms with Crippen LogP contribution in [0.4, 0.5) is 0 Å². The van der Waals surface area contributed by atoms with Crippen LogP contribution >= 0.6 is 0 Å². The maximum Gasteiger partial charge on any atom is 0.228 e. The number of carbonyl (C=O) groups is 3. The van der Waals surface area contributed by atoms with Gasteiger partial charge in [-0.15, -0.1) is 0 Å². The summed E-state index contributed by atoms with van der Waals surface area (Å²) in [6, 6.07) is 11.0. The van der Waals surface area contributed by atoms with Gasteiger partial charge in [-0.05, 0) is 57.5 Å². The SMILES string of the molecule is CC(=O)c1c(O)c(C)c(O)c2c1OC1=CC(=O)C(=C(C)NCc3ccc(-c4nc5ncccc5o4)cc3)C(=O)[C@@]12C. The predicted octanol–water partition coefficient (Wildman–Crippen LogP) is 4.56. The highest BCUT2D eigenvalue weighted by atomic mass is 16.5. The molecule has 0 saturated carbocycles. The molecule has 3 N–H and O–H groups in total. The minimum Gasteiger partial charge on any atom is -0.507 e. The van der Waals surface area contributed by atoms with E-state index in [1.54, 1.807) is 25.3 Å². The molecule has 2 aromatic heterocycles. The molecule has 2 aliphatic rings. The van der Waals surface area contributed by atoms with Crippen molar-refractivity contribution in [3.63, 3.8) is 0 Å². The average molecular weight is 552 g/mol. The van der Waals surface area contributed by atoms with Crippen molar-refractivity contribution in [3.05, 3.63) is 88.0 Å². The van der Waals surface area contributed by atoms with Gasteiger partial charge in [0, 0.05) is 35.6 Å². The van der Waals surface area contributed by atoms with Crippen LogP contribution in [0.1, 0.15) is 47.8 Å². The quantitative estimate of drug-likeness (QED) is 0.183. The second-order valence-electron chi connectivity index (χ2n) is 10.3. The Morgan fingerprint density at radius 2 is 1.80 bits per heavy atom. The highest BCUT2D eigenvalue weighted by Gasteiger charge is 2.56. The number of benzene rings is 2. The Morgan fingerprint density at radius 3 is 2.49 bits per heavy atom. The third-order valence-corrected chi connectivity index (χ3v) is 7.68. The lowest BCUT2D eigenvalue weighted by atomic mass is 9.70. The first-order chi connectivity index (χ1) is 19.5. The number of aromatic nitrogens is 2. The molecule has 0 saturated heterocycles. The molecule has 0 amide bonds. The number of pyridine rings is 1. The molecule has 41 heavy (non-hydrogen) atoms. The van der Waals surface area contributed by atoms with Crippen molar-refractivity contribution in [1.29, 1.82) is 0 Å². The molecule has 206 valence electrons. The number of Topliss-reactive ketones (excluding diaryl/α,β-unsaturated/α-hetero) is 2. The third kappa shape index (κ3) is 3.82. The minimum atomic E-state index is -1.57. The van der Waals surface area contributed by atoms with Crippen molar-refractivity contribution in [2.24, 2.45) is 0 Å².